The van der Waals surface area contributed by atoms with Crippen LogP contribution in [0.5, 0.6) is 17.2 Å². The largest absolute Gasteiger partial charge is 0.484 e. The van der Waals surface area contributed by atoms with Crippen LogP contribution in [0.2, 0.25) is 0 Å². The van der Waals surface area contributed by atoms with Crippen molar-refractivity contribution in [2.24, 2.45) is 0 Å². The highest BCUT2D eigenvalue weighted by molar-refractivity contribution is 7.13. The summed E-state index contributed by atoms with van der Waals surface area (Å²) in [7, 11) is 0. The van der Waals surface area contributed by atoms with Gasteiger partial charge in [0.15, 0.2) is 18.1 Å². The summed E-state index contributed by atoms with van der Waals surface area (Å²) in [6.07, 6.45) is 1.63. The first-order valence-electron chi connectivity index (χ1n) is 10.2. The molecule has 164 valence electrons. The van der Waals surface area contributed by atoms with Crippen molar-refractivity contribution < 1.29 is 23.8 Å². The number of nitrogens with one attached hydrogen (secondary N) is 1. The average Bonchev–Trinajstić information content (AvgIpc) is 3.57. The Morgan fingerprint density at radius 2 is 1.97 bits per heavy atom. The van der Waals surface area contributed by atoms with Crippen LogP contribution in [0.1, 0.15) is 33.7 Å². The third kappa shape index (κ3) is 4.22. The maximum absolute atomic E-state index is 12.7. The summed E-state index contributed by atoms with van der Waals surface area (Å²) in [4.78, 5) is 27.1. The standard InChI is InChI=1S/C22H20N4O5S/c27-19(12-29-15-5-2-1-3-6-15)26-10-4-7-16(26)21-24-25-22(32-21)20(28)23-14-8-9-17-18(11-14)31-13-30-17/h1-3,5-6,8-9,11,16H,4,7,10,12-13H2,(H,23,28). The number of fused-ring (bicyclic) bond motifs is 1. The lowest BCUT2D eigenvalue weighted by molar-refractivity contribution is -0.134. The van der Waals surface area contributed by atoms with Crippen molar-refractivity contribution in [1.82, 2.24) is 15.1 Å². The lowest BCUT2D eigenvalue weighted by atomic mass is 10.2. The monoisotopic (exact) mass is 452 g/mol. The van der Waals surface area contributed by atoms with Gasteiger partial charge < -0.3 is 24.4 Å². The third-order valence-electron chi connectivity index (χ3n) is 5.23. The molecule has 3 aromatic rings. The Morgan fingerprint density at radius 3 is 2.84 bits per heavy atom. The molecule has 5 rings (SSSR count). The third-order valence-corrected chi connectivity index (χ3v) is 6.25. The first kappa shape index (κ1) is 20.3. The maximum Gasteiger partial charge on any atom is 0.286 e. The minimum atomic E-state index is -0.365. The Morgan fingerprint density at radius 1 is 1.12 bits per heavy atom. The van der Waals surface area contributed by atoms with Crippen molar-refractivity contribution in [1.29, 1.82) is 0 Å². The minimum Gasteiger partial charge on any atom is -0.484 e. The van der Waals surface area contributed by atoms with Crippen molar-refractivity contribution in [2.45, 2.75) is 18.9 Å². The van der Waals surface area contributed by atoms with E-state index >= 15 is 0 Å². The van der Waals surface area contributed by atoms with Gasteiger partial charge in [-0.3, -0.25) is 9.59 Å². The van der Waals surface area contributed by atoms with E-state index in [9.17, 15) is 9.59 Å². The van der Waals surface area contributed by atoms with Crippen molar-refractivity contribution in [3.05, 3.63) is 58.5 Å². The highest BCUT2D eigenvalue weighted by Gasteiger charge is 2.33. The van der Waals surface area contributed by atoms with Crippen molar-refractivity contribution in [2.75, 3.05) is 25.3 Å². The summed E-state index contributed by atoms with van der Waals surface area (Å²) < 4.78 is 16.2. The van der Waals surface area contributed by atoms with E-state index < -0.39 is 0 Å². The second-order valence-electron chi connectivity index (χ2n) is 7.31. The zero-order valence-corrected chi connectivity index (χ0v) is 17.8. The molecule has 0 spiro atoms. The molecule has 2 amide bonds. The normalized spacial score (nSPS) is 16.8. The van der Waals surface area contributed by atoms with E-state index in [-0.39, 0.29) is 36.3 Å². The van der Waals surface area contributed by atoms with E-state index in [1.165, 1.54) is 11.3 Å². The summed E-state index contributed by atoms with van der Waals surface area (Å²) in [6, 6.07) is 14.2. The van der Waals surface area contributed by atoms with Crippen LogP contribution in [-0.4, -0.2) is 46.9 Å². The SMILES string of the molecule is O=C(Nc1ccc2c(c1)OCO2)c1nnc(C2CCCN2C(=O)COc2ccccc2)s1. The smallest absolute Gasteiger partial charge is 0.286 e. The molecule has 2 aliphatic heterocycles. The van der Waals surface area contributed by atoms with Gasteiger partial charge in [0, 0.05) is 18.3 Å². The fourth-order valence-electron chi connectivity index (χ4n) is 3.69. The number of ether oxygens (including phenoxy) is 3. The Bertz CT molecular complexity index is 1140. The van der Waals surface area contributed by atoms with Gasteiger partial charge in [-0.15, -0.1) is 10.2 Å². The minimum absolute atomic E-state index is 0.0449. The van der Waals surface area contributed by atoms with Crippen LogP contribution in [0.25, 0.3) is 0 Å². The molecule has 1 fully saturated rings. The van der Waals surface area contributed by atoms with Crippen molar-refractivity contribution >= 4 is 28.8 Å². The number of anilines is 1. The second kappa shape index (κ2) is 8.83. The van der Waals surface area contributed by atoms with Crippen LogP contribution in [-0.2, 0) is 4.79 Å². The number of rotatable bonds is 6. The number of hydrogen-bond donors (Lipinski definition) is 1. The molecule has 0 aliphatic carbocycles. The molecule has 2 aromatic carbocycles. The lowest BCUT2D eigenvalue weighted by Crippen LogP contribution is -2.34. The Hall–Kier alpha value is -3.66. The fourth-order valence-corrected chi connectivity index (χ4v) is 4.57. The number of aromatic nitrogens is 2. The number of para-hydroxylation sites is 1. The van der Waals surface area contributed by atoms with Gasteiger partial charge in [0.1, 0.15) is 10.8 Å². The first-order chi connectivity index (χ1) is 15.7. The van der Waals surface area contributed by atoms with Crippen LogP contribution in [0.4, 0.5) is 5.69 Å². The highest BCUT2D eigenvalue weighted by atomic mass is 32.1. The second-order valence-corrected chi connectivity index (χ2v) is 8.32. The molecule has 9 nitrogen and oxygen atoms in total. The van der Waals surface area contributed by atoms with E-state index in [0.717, 1.165) is 12.8 Å². The van der Waals surface area contributed by atoms with Gasteiger partial charge >= 0.3 is 0 Å². The number of hydrogen-bond acceptors (Lipinski definition) is 8. The molecule has 0 bridgehead atoms. The van der Waals surface area contributed by atoms with Gasteiger partial charge in [-0.2, -0.15) is 0 Å². The van der Waals surface area contributed by atoms with E-state index in [1.807, 2.05) is 30.3 Å². The van der Waals surface area contributed by atoms with E-state index in [0.29, 0.717) is 34.5 Å². The highest BCUT2D eigenvalue weighted by Crippen LogP contribution is 2.35. The summed E-state index contributed by atoms with van der Waals surface area (Å²) in [5.41, 5.74) is 0.576. The van der Waals surface area contributed by atoms with Crippen LogP contribution in [0.15, 0.2) is 48.5 Å². The van der Waals surface area contributed by atoms with Crippen LogP contribution >= 0.6 is 11.3 Å². The Kier molecular flexibility index (Phi) is 5.59. The molecule has 1 atom stereocenters. The van der Waals surface area contributed by atoms with Gasteiger partial charge in [0.05, 0.1) is 6.04 Å². The molecule has 0 saturated carbocycles. The van der Waals surface area contributed by atoms with E-state index in [1.54, 1.807) is 23.1 Å². The van der Waals surface area contributed by atoms with Crippen molar-refractivity contribution in [3.8, 4) is 17.2 Å². The average molecular weight is 452 g/mol. The number of nitrogens with zero attached hydrogens (tertiary/aromatic N) is 3. The molecule has 1 aromatic heterocycles. The molecule has 32 heavy (non-hydrogen) atoms. The fraction of sp³-hybridized carbons (Fsp3) is 0.273. The Balaban J connectivity index is 1.23. The maximum atomic E-state index is 12.7. The Labute approximate surface area is 187 Å². The van der Waals surface area contributed by atoms with E-state index in [2.05, 4.69) is 15.5 Å². The van der Waals surface area contributed by atoms with Crippen LogP contribution in [0.3, 0.4) is 0 Å². The van der Waals surface area contributed by atoms with Crippen LogP contribution in [0, 0.1) is 0 Å². The van der Waals surface area contributed by atoms with Gasteiger partial charge in [-0.1, -0.05) is 29.5 Å². The molecule has 2 aliphatic rings. The summed E-state index contributed by atoms with van der Waals surface area (Å²) in [5.74, 6) is 1.39. The predicted molar refractivity (Wildman–Crippen MR) is 116 cm³/mol. The molecule has 0 radical (unpaired) electrons. The van der Waals surface area contributed by atoms with Gasteiger partial charge in [-0.05, 0) is 37.1 Å². The topological polar surface area (TPSA) is 103 Å². The lowest BCUT2D eigenvalue weighted by Gasteiger charge is -2.22. The number of amides is 2. The molecular weight excluding hydrogens is 432 g/mol. The quantitative estimate of drug-likeness (QED) is 0.612. The number of carbonyl (C=O) groups is 2. The van der Waals surface area contributed by atoms with Crippen molar-refractivity contribution in [3.63, 3.8) is 0 Å². The summed E-state index contributed by atoms with van der Waals surface area (Å²) in [5, 5.41) is 11.9. The molecule has 3 heterocycles. The van der Waals surface area contributed by atoms with Gasteiger partial charge in [-0.25, -0.2) is 0 Å². The molecule has 1 N–H and O–H groups in total. The van der Waals surface area contributed by atoms with Gasteiger partial charge in [0.25, 0.3) is 11.8 Å². The number of carbonyl (C=O) groups excluding carboxylic acids is 2. The number of likely N-dealkylation sites (tertiary alicyclic amines) is 1. The van der Waals surface area contributed by atoms with Gasteiger partial charge in [0.2, 0.25) is 11.8 Å². The number of benzene rings is 2. The molecule has 10 heteroatoms. The van der Waals surface area contributed by atoms with E-state index in [4.69, 9.17) is 14.2 Å². The molecular formula is C22H20N4O5S. The van der Waals surface area contributed by atoms with Crippen LogP contribution < -0.4 is 19.5 Å². The summed E-state index contributed by atoms with van der Waals surface area (Å²) >= 11 is 1.19. The first-order valence-corrected chi connectivity index (χ1v) is 11.0. The zero-order valence-electron chi connectivity index (χ0n) is 17.0. The zero-order chi connectivity index (χ0) is 21.9. The summed E-state index contributed by atoms with van der Waals surface area (Å²) in [6.45, 7) is 0.746. The predicted octanol–water partition coefficient (Wildman–Crippen LogP) is 3.26. The molecule has 1 unspecified atom stereocenters. The molecule has 1 saturated heterocycles.